The molecule has 1 saturated carbocycles. The lowest BCUT2D eigenvalue weighted by Crippen LogP contribution is -2.29. The Morgan fingerprint density at radius 1 is 0.732 bits per heavy atom. The fraction of sp³-hybridized carbons (Fsp3) is 0.810. The van der Waals surface area contributed by atoms with E-state index in [0.717, 1.165) is 57.8 Å². The molecule has 1 unspecified atom stereocenters. The number of hydrogen-bond donors (Lipinski definition) is 6. The second kappa shape index (κ2) is 33.0. The first-order chi connectivity index (χ1) is 26.9. The van der Waals surface area contributed by atoms with Gasteiger partial charge in [0.2, 0.25) is 0 Å². The number of unbranched alkanes of at least 4 members (excludes halogenated alkanes) is 12. The molecule has 1 fully saturated rings. The van der Waals surface area contributed by atoms with Crippen LogP contribution in [0, 0.1) is 11.8 Å². The summed E-state index contributed by atoms with van der Waals surface area (Å²) in [6, 6.07) is 0. The van der Waals surface area contributed by atoms with Crippen LogP contribution in [-0.4, -0.2) is 99.3 Å². The second-order valence-electron chi connectivity index (χ2n) is 15.0. The predicted octanol–water partition coefficient (Wildman–Crippen LogP) is 7.16. The van der Waals surface area contributed by atoms with Crippen LogP contribution in [0.15, 0.2) is 36.5 Å². The smallest absolute Gasteiger partial charge is 0.462 e. The van der Waals surface area contributed by atoms with Crippen molar-refractivity contribution in [1.29, 1.82) is 0 Å². The standard InChI is InChI=1S/C42H75O13P/c1-3-5-7-8-9-10-11-12-13-14-15-16-21-25-41(48)52-32-36(33-54-56(50,51)53-31-35(45)30-43)55-42(49)26-22-18-17-20-24-37-38(40(47)29-39(37)46)28-27-34(44)23-19-6-4-2/h10-11,17,20,27-28,34-40,43-47H,3-9,12-16,18-19,21-26,29-33H2,1-2H3,(H,50,51)/b11-10-,20-17+,28-27+/t34-,35-,36+,37+,38+,39-,40+/m0/s1. The van der Waals surface area contributed by atoms with Crippen LogP contribution in [0.2, 0.25) is 0 Å². The number of aliphatic hydroxyl groups is 5. The fourth-order valence-corrected chi connectivity index (χ4v) is 7.24. The van der Waals surface area contributed by atoms with E-state index in [1.54, 1.807) is 6.08 Å². The highest BCUT2D eigenvalue weighted by molar-refractivity contribution is 7.47. The molecule has 6 N–H and O–H groups in total. The lowest BCUT2D eigenvalue weighted by Gasteiger charge is -2.20. The van der Waals surface area contributed by atoms with Gasteiger partial charge in [-0.2, -0.15) is 0 Å². The number of aliphatic hydroxyl groups excluding tert-OH is 5. The van der Waals surface area contributed by atoms with Gasteiger partial charge in [0.15, 0.2) is 6.10 Å². The molecule has 0 spiro atoms. The number of phosphoric ester groups is 1. The van der Waals surface area contributed by atoms with E-state index < -0.39 is 76.7 Å². The Balaban J connectivity index is 2.52. The van der Waals surface area contributed by atoms with E-state index in [1.165, 1.54) is 25.7 Å². The van der Waals surface area contributed by atoms with Gasteiger partial charge < -0.3 is 39.9 Å². The van der Waals surface area contributed by atoms with E-state index in [0.29, 0.717) is 32.1 Å². The van der Waals surface area contributed by atoms with Crippen molar-refractivity contribution < 1.29 is 63.1 Å². The van der Waals surface area contributed by atoms with Crippen molar-refractivity contribution in [2.24, 2.45) is 11.8 Å². The summed E-state index contributed by atoms with van der Waals surface area (Å²) >= 11 is 0. The van der Waals surface area contributed by atoms with Gasteiger partial charge in [-0.25, -0.2) is 4.57 Å². The molecular weight excluding hydrogens is 743 g/mol. The van der Waals surface area contributed by atoms with E-state index in [2.05, 4.69) is 30.5 Å². The van der Waals surface area contributed by atoms with Crippen molar-refractivity contribution in [2.75, 3.05) is 26.4 Å². The van der Waals surface area contributed by atoms with Crippen molar-refractivity contribution in [2.45, 2.75) is 179 Å². The molecule has 0 radical (unpaired) electrons. The minimum absolute atomic E-state index is 0.00552. The van der Waals surface area contributed by atoms with Gasteiger partial charge in [-0.05, 0) is 63.7 Å². The first-order valence-electron chi connectivity index (χ1n) is 21.2. The van der Waals surface area contributed by atoms with Crippen LogP contribution in [0.4, 0.5) is 0 Å². The summed E-state index contributed by atoms with van der Waals surface area (Å²) in [7, 11) is -4.69. The largest absolute Gasteiger partial charge is 0.472 e. The molecule has 0 saturated heterocycles. The molecule has 0 aromatic carbocycles. The Bertz CT molecular complexity index is 1150. The van der Waals surface area contributed by atoms with E-state index in [9.17, 15) is 39.5 Å². The highest BCUT2D eigenvalue weighted by Gasteiger charge is 2.39. The molecule has 1 aliphatic carbocycles. The Morgan fingerprint density at radius 2 is 1.32 bits per heavy atom. The molecule has 1 aliphatic rings. The van der Waals surface area contributed by atoms with Gasteiger partial charge in [-0.1, -0.05) is 108 Å². The Hall–Kier alpha value is -1.93. The summed E-state index contributed by atoms with van der Waals surface area (Å²) in [4.78, 5) is 35.1. The maximum Gasteiger partial charge on any atom is 0.472 e. The van der Waals surface area contributed by atoms with E-state index in [1.807, 2.05) is 18.2 Å². The first-order valence-corrected chi connectivity index (χ1v) is 22.7. The molecule has 0 bridgehead atoms. The van der Waals surface area contributed by atoms with Crippen LogP contribution >= 0.6 is 7.82 Å². The van der Waals surface area contributed by atoms with Gasteiger partial charge in [-0.15, -0.1) is 0 Å². The number of allylic oxidation sites excluding steroid dienone is 4. The van der Waals surface area contributed by atoms with Crippen LogP contribution in [-0.2, 0) is 32.7 Å². The summed E-state index contributed by atoms with van der Waals surface area (Å²) < 4.78 is 32.6. The zero-order chi connectivity index (χ0) is 41.4. The summed E-state index contributed by atoms with van der Waals surface area (Å²) in [6.45, 7) is 1.96. The van der Waals surface area contributed by atoms with Crippen molar-refractivity contribution in [3.05, 3.63) is 36.5 Å². The van der Waals surface area contributed by atoms with Crippen molar-refractivity contribution in [3.63, 3.8) is 0 Å². The van der Waals surface area contributed by atoms with Crippen LogP contribution in [0.3, 0.4) is 0 Å². The van der Waals surface area contributed by atoms with Gasteiger partial charge in [0.25, 0.3) is 0 Å². The Morgan fingerprint density at radius 3 is 2.02 bits per heavy atom. The Kier molecular flexibility index (Phi) is 30.7. The molecule has 0 amide bonds. The number of hydrogen-bond acceptors (Lipinski definition) is 12. The second-order valence-corrected chi connectivity index (χ2v) is 16.4. The highest BCUT2D eigenvalue weighted by Crippen LogP contribution is 2.43. The molecular formula is C42H75O13P. The van der Waals surface area contributed by atoms with Crippen LogP contribution in [0.5, 0.6) is 0 Å². The van der Waals surface area contributed by atoms with Gasteiger partial charge in [0, 0.05) is 25.2 Å². The molecule has 0 aromatic rings. The molecule has 14 heteroatoms. The SMILES string of the molecule is CCCCCC/C=C\CCCCCCCC(=O)OC[C@H](COP(=O)(O)OC[C@@H](O)CO)OC(=O)CCC/C=C/C[C@@H]1[C@@H](/C=C/[C@@H](O)CCCCC)[C@H](O)C[C@@H]1O. The maximum absolute atomic E-state index is 12.7. The maximum atomic E-state index is 12.7. The normalized spacial score (nSPS) is 21.5. The minimum atomic E-state index is -4.69. The molecule has 0 aromatic heterocycles. The predicted molar refractivity (Wildman–Crippen MR) is 216 cm³/mol. The van der Waals surface area contributed by atoms with E-state index >= 15 is 0 Å². The molecule has 0 heterocycles. The van der Waals surface area contributed by atoms with Crippen LogP contribution in [0.1, 0.15) is 149 Å². The molecule has 0 aliphatic heterocycles. The van der Waals surface area contributed by atoms with Gasteiger partial charge in [-0.3, -0.25) is 18.6 Å². The first kappa shape index (κ1) is 52.1. The number of ether oxygens (including phenoxy) is 2. The van der Waals surface area contributed by atoms with Gasteiger partial charge in [0.05, 0.1) is 38.1 Å². The number of esters is 2. The van der Waals surface area contributed by atoms with Crippen LogP contribution in [0.25, 0.3) is 0 Å². The number of carbonyl (C=O) groups is 2. The third-order valence-electron chi connectivity index (χ3n) is 9.84. The molecule has 56 heavy (non-hydrogen) atoms. The van der Waals surface area contributed by atoms with Crippen molar-refractivity contribution in [3.8, 4) is 0 Å². The lowest BCUT2D eigenvalue weighted by atomic mass is 9.89. The summed E-state index contributed by atoms with van der Waals surface area (Å²) in [5, 5.41) is 49.6. The number of phosphoric acid groups is 1. The number of carbonyl (C=O) groups excluding carboxylic acids is 2. The summed E-state index contributed by atoms with van der Waals surface area (Å²) in [5.41, 5.74) is 0. The van der Waals surface area contributed by atoms with Crippen molar-refractivity contribution >= 4 is 19.8 Å². The highest BCUT2D eigenvalue weighted by atomic mass is 31.2. The average molecular weight is 819 g/mol. The monoisotopic (exact) mass is 818 g/mol. The zero-order valence-corrected chi connectivity index (χ0v) is 35.1. The summed E-state index contributed by atoms with van der Waals surface area (Å²) in [5.74, 6) is -1.59. The Labute approximate surface area is 336 Å². The van der Waals surface area contributed by atoms with Gasteiger partial charge in [0.1, 0.15) is 12.7 Å². The minimum Gasteiger partial charge on any atom is -0.462 e. The molecule has 8 atom stereocenters. The molecule has 13 nitrogen and oxygen atoms in total. The van der Waals surface area contributed by atoms with E-state index in [4.69, 9.17) is 19.1 Å². The van der Waals surface area contributed by atoms with Gasteiger partial charge >= 0.3 is 19.8 Å². The zero-order valence-electron chi connectivity index (χ0n) is 34.2. The summed E-state index contributed by atoms with van der Waals surface area (Å²) in [6.07, 6.45) is 24.9. The quantitative estimate of drug-likeness (QED) is 0.0163. The molecule has 326 valence electrons. The fourth-order valence-electron chi connectivity index (χ4n) is 6.45. The van der Waals surface area contributed by atoms with E-state index in [-0.39, 0.29) is 31.1 Å². The topological polar surface area (TPSA) is 210 Å². The average Bonchev–Trinajstić information content (AvgIpc) is 3.44. The third-order valence-corrected chi connectivity index (χ3v) is 10.8. The molecule has 1 rings (SSSR count). The van der Waals surface area contributed by atoms with Crippen molar-refractivity contribution in [1.82, 2.24) is 0 Å². The van der Waals surface area contributed by atoms with Crippen LogP contribution < -0.4 is 0 Å². The number of rotatable bonds is 35. The third kappa shape index (κ3) is 26.9. The lowest BCUT2D eigenvalue weighted by molar-refractivity contribution is -0.161.